The molecule has 0 spiro atoms. The lowest BCUT2D eigenvalue weighted by Crippen LogP contribution is -2.30. The summed E-state index contributed by atoms with van der Waals surface area (Å²) in [5, 5.41) is 10.9. The summed E-state index contributed by atoms with van der Waals surface area (Å²) in [7, 11) is 0. The predicted octanol–water partition coefficient (Wildman–Crippen LogP) is 8.48. The number of nitrogens with zero attached hydrogens (tertiary/aromatic N) is 1. The fraction of sp³-hybridized carbons (Fsp3) is 0.0303. The molecule has 7 nitrogen and oxygen atoms in total. The molecule has 3 amide bonds. The molecule has 4 aromatic carbocycles. The number of hydrogen-bond acceptors (Lipinski definition) is 6. The van der Waals surface area contributed by atoms with Crippen LogP contribution in [0.2, 0.25) is 0 Å². The van der Waals surface area contributed by atoms with Gasteiger partial charge in [-0.2, -0.15) is 0 Å². The third-order valence-electron chi connectivity index (χ3n) is 6.04. The molecule has 0 atom stereocenters. The minimum atomic E-state index is -0.487. The zero-order chi connectivity index (χ0) is 30.9. The Balaban J connectivity index is 1.22. The normalized spacial score (nSPS) is 11.1. The van der Waals surface area contributed by atoms with Crippen LogP contribution in [0, 0.1) is 0 Å². The summed E-state index contributed by atoms with van der Waals surface area (Å²) in [4.78, 5) is 44.2. The molecule has 0 aliphatic carbocycles. The average Bonchev–Trinajstić information content (AvgIpc) is 3.49. The molecule has 1 heterocycles. The molecule has 5 aromatic rings. The predicted molar refractivity (Wildman–Crippen MR) is 186 cm³/mol. The third-order valence-corrected chi connectivity index (χ3v) is 8.81. The number of anilines is 2. The summed E-state index contributed by atoms with van der Waals surface area (Å²) < 4.78 is 1.83. The van der Waals surface area contributed by atoms with E-state index in [1.54, 1.807) is 48.5 Å². The van der Waals surface area contributed by atoms with Gasteiger partial charge in [0.2, 0.25) is 5.91 Å². The molecule has 0 saturated carbocycles. The zero-order valence-electron chi connectivity index (χ0n) is 22.9. The molecule has 0 aliphatic heterocycles. The van der Waals surface area contributed by atoms with Crippen molar-refractivity contribution in [2.24, 2.45) is 0 Å². The van der Waals surface area contributed by atoms with Gasteiger partial charge in [0.15, 0.2) is 5.13 Å². The SMILES string of the molecule is O=C(CSc1cccc(NC(=O)/C(=C\c2cccc(Br)c2)NC(=O)c2ccccc2)c1)Nc1nc(-c2ccc(Br)cc2)cs1. The number of halogens is 2. The Morgan fingerprint density at radius 2 is 1.59 bits per heavy atom. The van der Waals surface area contributed by atoms with E-state index >= 15 is 0 Å². The largest absolute Gasteiger partial charge is 0.321 e. The van der Waals surface area contributed by atoms with Crippen molar-refractivity contribution in [3.8, 4) is 11.3 Å². The quantitative estimate of drug-likeness (QED) is 0.0984. The van der Waals surface area contributed by atoms with Crippen molar-refractivity contribution in [1.82, 2.24) is 10.3 Å². The maximum Gasteiger partial charge on any atom is 0.272 e. The molecule has 1 aromatic heterocycles. The van der Waals surface area contributed by atoms with E-state index in [1.807, 2.05) is 66.0 Å². The van der Waals surface area contributed by atoms with Gasteiger partial charge >= 0.3 is 0 Å². The Hall–Kier alpha value is -4.03. The second-order valence-corrected chi connectivity index (χ2v) is 13.0. The molecule has 0 saturated heterocycles. The van der Waals surface area contributed by atoms with E-state index in [9.17, 15) is 14.4 Å². The van der Waals surface area contributed by atoms with Crippen molar-refractivity contribution in [1.29, 1.82) is 0 Å². The molecule has 0 radical (unpaired) electrons. The van der Waals surface area contributed by atoms with Crippen molar-refractivity contribution in [3.05, 3.63) is 134 Å². The van der Waals surface area contributed by atoms with Crippen molar-refractivity contribution in [2.75, 3.05) is 16.4 Å². The maximum atomic E-state index is 13.4. The van der Waals surface area contributed by atoms with Crippen molar-refractivity contribution >= 4 is 89.6 Å². The van der Waals surface area contributed by atoms with Crippen LogP contribution < -0.4 is 16.0 Å². The number of thioether (sulfide) groups is 1. The van der Waals surface area contributed by atoms with Gasteiger partial charge in [-0.05, 0) is 66.2 Å². The van der Waals surface area contributed by atoms with Crippen molar-refractivity contribution in [2.45, 2.75) is 4.90 Å². The second kappa shape index (κ2) is 15.1. The lowest BCUT2D eigenvalue weighted by Gasteiger charge is -2.12. The maximum absolute atomic E-state index is 13.4. The van der Waals surface area contributed by atoms with E-state index in [4.69, 9.17) is 0 Å². The first-order valence-electron chi connectivity index (χ1n) is 13.2. The summed E-state index contributed by atoms with van der Waals surface area (Å²) in [6, 6.07) is 31.1. The summed E-state index contributed by atoms with van der Waals surface area (Å²) in [6.45, 7) is 0. The number of benzene rings is 4. The van der Waals surface area contributed by atoms with E-state index in [0.717, 1.165) is 30.7 Å². The highest BCUT2D eigenvalue weighted by molar-refractivity contribution is 9.10. The van der Waals surface area contributed by atoms with Gasteiger partial charge in [-0.3, -0.25) is 14.4 Å². The molecule has 3 N–H and O–H groups in total. The molecule has 44 heavy (non-hydrogen) atoms. The first-order chi connectivity index (χ1) is 21.3. The standard InChI is InChI=1S/C33H24Br2N4O3S2/c34-24-14-12-22(13-15-24)29-19-44-33(38-29)39-30(40)20-43-27-11-5-10-26(18-27)36-32(42)28(17-21-6-4-9-25(35)16-21)37-31(41)23-7-2-1-3-8-23/h1-19H,20H2,(H,36,42)(H,37,41)(H,38,39,40)/b28-17+. The van der Waals surface area contributed by atoms with Crippen LogP contribution >= 0.6 is 55.0 Å². The van der Waals surface area contributed by atoms with E-state index < -0.39 is 11.8 Å². The van der Waals surface area contributed by atoms with Crippen LogP contribution in [0.1, 0.15) is 15.9 Å². The van der Waals surface area contributed by atoms with Crippen LogP contribution in [0.4, 0.5) is 10.8 Å². The molecule has 11 heteroatoms. The molecule has 220 valence electrons. The zero-order valence-corrected chi connectivity index (χ0v) is 27.7. The Bertz CT molecular complexity index is 1830. The first kappa shape index (κ1) is 31.4. The van der Waals surface area contributed by atoms with Gasteiger partial charge in [0.1, 0.15) is 5.70 Å². The molecule has 0 bridgehead atoms. The molecule has 0 aliphatic rings. The van der Waals surface area contributed by atoms with E-state index in [2.05, 4.69) is 52.8 Å². The van der Waals surface area contributed by atoms with Crippen LogP contribution in [0.5, 0.6) is 0 Å². The smallest absolute Gasteiger partial charge is 0.272 e. The van der Waals surface area contributed by atoms with Gasteiger partial charge in [0.05, 0.1) is 11.4 Å². The van der Waals surface area contributed by atoms with E-state index in [1.165, 1.54) is 23.1 Å². The number of thiazole rings is 1. The van der Waals surface area contributed by atoms with E-state index in [0.29, 0.717) is 16.4 Å². The highest BCUT2D eigenvalue weighted by Crippen LogP contribution is 2.27. The highest BCUT2D eigenvalue weighted by Gasteiger charge is 2.16. The van der Waals surface area contributed by atoms with Gasteiger partial charge in [-0.1, -0.05) is 80.4 Å². The minimum Gasteiger partial charge on any atom is -0.321 e. The summed E-state index contributed by atoms with van der Waals surface area (Å²) in [5.41, 5.74) is 3.53. The summed E-state index contributed by atoms with van der Waals surface area (Å²) in [6.07, 6.45) is 1.62. The second-order valence-electron chi connectivity index (χ2n) is 9.30. The monoisotopic (exact) mass is 746 g/mol. The third kappa shape index (κ3) is 8.99. The Labute approximate surface area is 279 Å². The molecule has 0 fully saturated rings. The molecular weight excluding hydrogens is 724 g/mol. The number of amides is 3. The van der Waals surface area contributed by atoms with Crippen LogP contribution in [-0.4, -0.2) is 28.5 Å². The number of carbonyl (C=O) groups excluding carboxylic acids is 3. The fourth-order valence-electron chi connectivity index (χ4n) is 3.96. The summed E-state index contributed by atoms with van der Waals surface area (Å²) in [5.74, 6) is -0.920. The number of aromatic nitrogens is 1. The number of nitrogens with one attached hydrogen (secondary N) is 3. The Morgan fingerprint density at radius 3 is 2.36 bits per heavy atom. The number of rotatable bonds is 10. The fourth-order valence-corrected chi connectivity index (χ4v) is 6.13. The Morgan fingerprint density at radius 1 is 0.818 bits per heavy atom. The lowest BCUT2D eigenvalue weighted by atomic mass is 10.1. The van der Waals surface area contributed by atoms with Crippen molar-refractivity contribution in [3.63, 3.8) is 0 Å². The lowest BCUT2D eigenvalue weighted by molar-refractivity contribution is -0.114. The number of hydrogen-bond donors (Lipinski definition) is 3. The minimum absolute atomic E-state index is 0.0836. The van der Waals surface area contributed by atoms with Gasteiger partial charge < -0.3 is 16.0 Å². The molecule has 5 rings (SSSR count). The highest BCUT2D eigenvalue weighted by atomic mass is 79.9. The van der Waals surface area contributed by atoms with Gasteiger partial charge in [-0.25, -0.2) is 4.98 Å². The Kier molecular flexibility index (Phi) is 10.8. The molecular formula is C33H24Br2N4O3S2. The first-order valence-corrected chi connectivity index (χ1v) is 16.7. The van der Waals surface area contributed by atoms with Crippen LogP contribution in [-0.2, 0) is 9.59 Å². The van der Waals surface area contributed by atoms with Crippen molar-refractivity contribution < 1.29 is 14.4 Å². The van der Waals surface area contributed by atoms with Crippen LogP contribution in [0.15, 0.2) is 128 Å². The van der Waals surface area contributed by atoms with Gasteiger partial charge in [0, 0.05) is 36.0 Å². The van der Waals surface area contributed by atoms with Crippen LogP contribution in [0.25, 0.3) is 17.3 Å². The summed E-state index contributed by atoms with van der Waals surface area (Å²) >= 11 is 9.57. The topological polar surface area (TPSA) is 100 Å². The van der Waals surface area contributed by atoms with Crippen LogP contribution in [0.3, 0.4) is 0 Å². The average molecular weight is 749 g/mol. The van der Waals surface area contributed by atoms with Gasteiger partial charge in [0.25, 0.3) is 11.8 Å². The number of carbonyl (C=O) groups is 3. The molecule has 0 unspecified atom stereocenters. The van der Waals surface area contributed by atoms with E-state index in [-0.39, 0.29) is 17.4 Å². The van der Waals surface area contributed by atoms with Gasteiger partial charge in [-0.15, -0.1) is 23.1 Å².